The van der Waals surface area contributed by atoms with Gasteiger partial charge < -0.3 is 10.1 Å². The Morgan fingerprint density at radius 3 is 2.76 bits per heavy atom. The first kappa shape index (κ1) is 13.9. The first-order chi connectivity index (χ1) is 10.1. The van der Waals surface area contributed by atoms with Gasteiger partial charge in [0.25, 0.3) is 10.0 Å². The molecule has 0 fully saturated rings. The molecule has 0 unspecified atom stereocenters. The lowest BCUT2D eigenvalue weighted by Gasteiger charge is -2.13. The molecule has 3 rings (SSSR count). The van der Waals surface area contributed by atoms with E-state index in [4.69, 9.17) is 4.74 Å². The lowest BCUT2D eigenvalue weighted by molar-refractivity contribution is 0.414. The van der Waals surface area contributed by atoms with Crippen LogP contribution in [0.4, 0.5) is 5.82 Å². The molecular weight excluding hydrogens is 292 g/mol. The molecule has 2 heterocycles. The minimum atomic E-state index is -3.65. The molecule has 0 atom stereocenters. The summed E-state index contributed by atoms with van der Waals surface area (Å²) >= 11 is 0. The van der Waals surface area contributed by atoms with Crippen molar-refractivity contribution in [2.75, 3.05) is 18.4 Å². The number of rotatable bonds is 4. The largest absolute Gasteiger partial charge is 0.497 e. The van der Waals surface area contributed by atoms with E-state index in [1.165, 1.54) is 19.2 Å². The number of hydrogen-bond donors (Lipinski definition) is 3. The van der Waals surface area contributed by atoms with Gasteiger partial charge in [0, 0.05) is 12.1 Å². The number of sulfonamides is 1. The van der Waals surface area contributed by atoms with Crippen molar-refractivity contribution < 1.29 is 13.2 Å². The van der Waals surface area contributed by atoms with Crippen molar-refractivity contribution in [3.8, 4) is 5.75 Å². The van der Waals surface area contributed by atoms with Crippen LogP contribution in [-0.4, -0.2) is 32.3 Å². The number of ether oxygens (including phenoxy) is 1. The van der Waals surface area contributed by atoms with Gasteiger partial charge in [0.2, 0.25) is 0 Å². The summed E-state index contributed by atoms with van der Waals surface area (Å²) in [5, 5.41) is 10.1. The molecule has 0 amide bonds. The summed E-state index contributed by atoms with van der Waals surface area (Å²) in [6, 6.07) is 6.22. The Morgan fingerprint density at radius 1 is 1.29 bits per heavy atom. The zero-order valence-corrected chi connectivity index (χ0v) is 12.3. The van der Waals surface area contributed by atoms with E-state index in [2.05, 4.69) is 20.2 Å². The molecule has 21 heavy (non-hydrogen) atoms. The van der Waals surface area contributed by atoms with E-state index in [0.717, 1.165) is 24.2 Å². The summed E-state index contributed by atoms with van der Waals surface area (Å²) in [6.45, 7) is 1.48. The van der Waals surface area contributed by atoms with E-state index in [-0.39, 0.29) is 4.90 Å². The lowest BCUT2D eigenvalue weighted by atomic mass is 10.1. The van der Waals surface area contributed by atoms with Crippen molar-refractivity contribution in [3.63, 3.8) is 0 Å². The van der Waals surface area contributed by atoms with Crippen molar-refractivity contribution in [2.45, 2.75) is 17.9 Å². The van der Waals surface area contributed by atoms with Gasteiger partial charge in [-0.15, -0.1) is 0 Å². The van der Waals surface area contributed by atoms with E-state index >= 15 is 0 Å². The third kappa shape index (κ3) is 2.72. The van der Waals surface area contributed by atoms with Crippen molar-refractivity contribution in [3.05, 3.63) is 35.5 Å². The number of benzene rings is 1. The molecule has 1 aliphatic rings. The van der Waals surface area contributed by atoms with Gasteiger partial charge >= 0.3 is 0 Å². The van der Waals surface area contributed by atoms with Gasteiger partial charge in [0.1, 0.15) is 5.75 Å². The fourth-order valence-electron chi connectivity index (χ4n) is 2.27. The number of fused-ring (bicyclic) bond motifs is 1. The quantitative estimate of drug-likeness (QED) is 0.778. The summed E-state index contributed by atoms with van der Waals surface area (Å²) in [4.78, 5) is 0.175. The maximum absolute atomic E-state index is 12.4. The second kappa shape index (κ2) is 5.38. The zero-order chi connectivity index (χ0) is 14.9. The molecule has 0 saturated heterocycles. The number of hydrogen-bond acceptors (Lipinski definition) is 5. The molecule has 0 saturated carbocycles. The van der Waals surface area contributed by atoms with E-state index in [9.17, 15) is 8.42 Å². The van der Waals surface area contributed by atoms with Crippen LogP contribution in [-0.2, 0) is 23.0 Å². The first-order valence-electron chi connectivity index (χ1n) is 6.54. The second-order valence-electron chi connectivity index (χ2n) is 4.74. The SMILES string of the molecule is COc1ccc(S(=O)(=O)Nc2n[nH]c3c2CCNC3)cc1. The maximum atomic E-state index is 12.4. The zero-order valence-electron chi connectivity index (χ0n) is 11.5. The highest BCUT2D eigenvalue weighted by molar-refractivity contribution is 7.92. The van der Waals surface area contributed by atoms with Crippen LogP contribution in [0.2, 0.25) is 0 Å². The Kier molecular flexibility index (Phi) is 3.56. The fraction of sp³-hybridized carbons (Fsp3) is 0.308. The molecule has 0 aliphatic carbocycles. The molecule has 1 aliphatic heterocycles. The van der Waals surface area contributed by atoms with Gasteiger partial charge in [-0.05, 0) is 37.2 Å². The number of methoxy groups -OCH3 is 1. The Bertz CT molecular complexity index is 737. The number of aromatic nitrogens is 2. The number of nitrogens with zero attached hydrogens (tertiary/aromatic N) is 1. The number of H-pyrrole nitrogens is 1. The third-order valence-corrected chi connectivity index (χ3v) is 4.76. The first-order valence-corrected chi connectivity index (χ1v) is 8.02. The molecule has 0 radical (unpaired) electrons. The van der Waals surface area contributed by atoms with Crippen molar-refractivity contribution in [1.82, 2.24) is 15.5 Å². The summed E-state index contributed by atoms with van der Waals surface area (Å²) in [6.07, 6.45) is 0.742. The van der Waals surface area contributed by atoms with Gasteiger partial charge in [0.15, 0.2) is 5.82 Å². The predicted molar refractivity (Wildman–Crippen MR) is 77.8 cm³/mol. The van der Waals surface area contributed by atoms with Crippen molar-refractivity contribution in [1.29, 1.82) is 0 Å². The summed E-state index contributed by atoms with van der Waals surface area (Å²) in [5.74, 6) is 0.986. The van der Waals surface area contributed by atoms with Gasteiger partial charge in [-0.1, -0.05) is 0 Å². The molecule has 3 N–H and O–H groups in total. The highest BCUT2D eigenvalue weighted by Gasteiger charge is 2.21. The van der Waals surface area contributed by atoms with Crippen LogP contribution in [0.3, 0.4) is 0 Å². The molecule has 2 aromatic rings. The summed E-state index contributed by atoms with van der Waals surface area (Å²) < 4.78 is 32.3. The van der Waals surface area contributed by atoms with Crippen LogP contribution in [0.15, 0.2) is 29.2 Å². The van der Waals surface area contributed by atoms with Crippen LogP contribution in [0.25, 0.3) is 0 Å². The topological polar surface area (TPSA) is 96.1 Å². The average Bonchev–Trinajstić information content (AvgIpc) is 2.90. The number of anilines is 1. The number of nitrogens with one attached hydrogen (secondary N) is 3. The third-order valence-electron chi connectivity index (χ3n) is 3.41. The van der Waals surface area contributed by atoms with Gasteiger partial charge in [-0.25, -0.2) is 8.42 Å². The van der Waals surface area contributed by atoms with Crippen molar-refractivity contribution >= 4 is 15.8 Å². The summed E-state index contributed by atoms with van der Waals surface area (Å²) in [7, 11) is -2.12. The van der Waals surface area contributed by atoms with Gasteiger partial charge in [0.05, 0.1) is 17.7 Å². The monoisotopic (exact) mass is 308 g/mol. The molecule has 7 nitrogen and oxygen atoms in total. The summed E-state index contributed by atoms with van der Waals surface area (Å²) in [5.41, 5.74) is 1.85. The highest BCUT2D eigenvalue weighted by Crippen LogP contribution is 2.23. The van der Waals surface area contributed by atoms with E-state index in [1.54, 1.807) is 12.1 Å². The smallest absolute Gasteiger partial charge is 0.263 e. The minimum absolute atomic E-state index is 0.175. The highest BCUT2D eigenvalue weighted by atomic mass is 32.2. The van der Waals surface area contributed by atoms with Crippen LogP contribution < -0.4 is 14.8 Å². The van der Waals surface area contributed by atoms with E-state index in [0.29, 0.717) is 18.1 Å². The minimum Gasteiger partial charge on any atom is -0.497 e. The predicted octanol–water partition coefficient (Wildman–Crippen LogP) is 0.865. The van der Waals surface area contributed by atoms with Crippen LogP contribution in [0, 0.1) is 0 Å². The Labute approximate surface area is 122 Å². The Hall–Kier alpha value is -2.06. The number of aromatic amines is 1. The van der Waals surface area contributed by atoms with Gasteiger partial charge in [-0.3, -0.25) is 9.82 Å². The van der Waals surface area contributed by atoms with E-state index < -0.39 is 10.0 Å². The maximum Gasteiger partial charge on any atom is 0.263 e. The molecule has 1 aromatic carbocycles. The average molecular weight is 308 g/mol. The molecular formula is C13H16N4O3S. The second-order valence-corrected chi connectivity index (χ2v) is 6.42. The Morgan fingerprint density at radius 2 is 2.05 bits per heavy atom. The van der Waals surface area contributed by atoms with Crippen LogP contribution >= 0.6 is 0 Å². The lowest BCUT2D eigenvalue weighted by Crippen LogP contribution is -2.24. The van der Waals surface area contributed by atoms with Crippen molar-refractivity contribution in [2.24, 2.45) is 0 Å². The fourth-order valence-corrected chi connectivity index (χ4v) is 3.30. The molecule has 0 bridgehead atoms. The van der Waals surface area contributed by atoms with Crippen LogP contribution in [0.1, 0.15) is 11.3 Å². The molecule has 112 valence electrons. The molecule has 8 heteroatoms. The molecule has 0 spiro atoms. The van der Waals surface area contributed by atoms with Crippen LogP contribution in [0.5, 0.6) is 5.75 Å². The standard InChI is InChI=1S/C13H16N4O3S/c1-20-9-2-4-10(5-3-9)21(18,19)17-13-11-6-7-14-8-12(11)15-16-13/h2-5,14H,6-8H2,1H3,(H2,15,16,17). The molecule has 1 aromatic heterocycles. The van der Waals surface area contributed by atoms with E-state index in [1.807, 2.05) is 0 Å². The normalized spacial score (nSPS) is 14.5. The Balaban J connectivity index is 1.87. The van der Waals surface area contributed by atoms with Gasteiger partial charge in [-0.2, -0.15) is 5.10 Å².